The molecule has 3 aromatic rings. The first-order chi connectivity index (χ1) is 12.1. The maximum absolute atomic E-state index is 12.4. The van der Waals surface area contributed by atoms with Crippen molar-refractivity contribution in [2.45, 2.75) is 11.8 Å². The summed E-state index contributed by atoms with van der Waals surface area (Å²) in [6, 6.07) is 11.5. The van der Waals surface area contributed by atoms with Gasteiger partial charge in [-0.25, -0.2) is 0 Å². The quantitative estimate of drug-likeness (QED) is 0.413. The lowest BCUT2D eigenvalue weighted by atomic mass is 10.1. The van der Waals surface area contributed by atoms with Crippen molar-refractivity contribution in [1.29, 1.82) is 0 Å². The predicted molar refractivity (Wildman–Crippen MR) is 99.0 cm³/mol. The van der Waals surface area contributed by atoms with Crippen LogP contribution in [0.2, 0.25) is 0 Å². The molecule has 0 spiro atoms. The van der Waals surface area contributed by atoms with Crippen LogP contribution in [0.4, 0.5) is 11.4 Å². The molecule has 26 heavy (non-hydrogen) atoms. The molecule has 0 heterocycles. The van der Waals surface area contributed by atoms with Crippen LogP contribution < -0.4 is 11.1 Å². The molecule has 3 rings (SSSR count). The third-order valence-corrected chi connectivity index (χ3v) is 4.84. The summed E-state index contributed by atoms with van der Waals surface area (Å²) in [6.07, 6.45) is 0. The summed E-state index contributed by atoms with van der Waals surface area (Å²) in [7, 11) is -4.38. The number of hydrogen-bond donors (Lipinski definition) is 4. The summed E-state index contributed by atoms with van der Waals surface area (Å²) in [5.41, 5.74) is 7.74. The number of carbonyl (C=O) groups is 1. The summed E-state index contributed by atoms with van der Waals surface area (Å²) in [5, 5.41) is 13.5. The Labute approximate surface area is 149 Å². The SMILES string of the molecule is Cc1cc(C(=O)Nc2cc(O)c3ccc(S(=O)(=O)O)cc3c2)ccc1N. The largest absolute Gasteiger partial charge is 0.507 e. The van der Waals surface area contributed by atoms with Gasteiger partial charge in [0.25, 0.3) is 16.0 Å². The molecule has 0 bridgehead atoms. The molecular formula is C18H16N2O5S. The average Bonchev–Trinajstić information content (AvgIpc) is 2.56. The third kappa shape index (κ3) is 3.46. The van der Waals surface area contributed by atoms with Gasteiger partial charge < -0.3 is 16.2 Å². The van der Waals surface area contributed by atoms with Gasteiger partial charge in [-0.3, -0.25) is 9.35 Å². The Hall–Kier alpha value is -3.10. The van der Waals surface area contributed by atoms with E-state index in [0.29, 0.717) is 22.0 Å². The Morgan fingerprint density at radius 1 is 1.08 bits per heavy atom. The van der Waals surface area contributed by atoms with Crippen molar-refractivity contribution in [3.8, 4) is 5.75 Å². The zero-order valence-corrected chi connectivity index (χ0v) is 14.5. The highest BCUT2D eigenvalue weighted by atomic mass is 32.2. The summed E-state index contributed by atoms with van der Waals surface area (Å²) in [5.74, 6) is -0.536. The van der Waals surface area contributed by atoms with Crippen LogP contribution in [-0.2, 0) is 10.1 Å². The standard InChI is InChI=1S/C18H16N2O5S/c1-10-6-11(2-5-16(10)19)18(22)20-13-7-12-8-14(26(23,24)25)3-4-15(12)17(21)9-13/h2-9,21H,19H2,1H3,(H,20,22)(H,23,24,25). The molecule has 134 valence electrons. The predicted octanol–water partition coefficient (Wildman–Crippen LogP) is 2.94. The van der Waals surface area contributed by atoms with Crippen molar-refractivity contribution in [2.24, 2.45) is 0 Å². The Morgan fingerprint density at radius 2 is 1.81 bits per heavy atom. The van der Waals surface area contributed by atoms with E-state index < -0.39 is 16.0 Å². The second-order valence-corrected chi connectivity index (χ2v) is 7.30. The first kappa shape index (κ1) is 17.7. The summed E-state index contributed by atoms with van der Waals surface area (Å²) >= 11 is 0. The van der Waals surface area contributed by atoms with Crippen LogP contribution in [0.5, 0.6) is 5.75 Å². The van der Waals surface area contributed by atoms with Gasteiger partial charge in [0.05, 0.1) is 4.90 Å². The number of carbonyl (C=O) groups excluding carboxylic acids is 1. The molecule has 0 fully saturated rings. The number of rotatable bonds is 3. The lowest BCUT2D eigenvalue weighted by molar-refractivity contribution is 0.102. The number of amides is 1. The van der Waals surface area contributed by atoms with E-state index in [0.717, 1.165) is 5.56 Å². The van der Waals surface area contributed by atoms with E-state index in [1.807, 2.05) is 0 Å². The summed E-state index contributed by atoms with van der Waals surface area (Å²) < 4.78 is 31.7. The molecule has 3 aromatic carbocycles. The monoisotopic (exact) mass is 372 g/mol. The van der Waals surface area contributed by atoms with Gasteiger partial charge in [-0.1, -0.05) is 0 Å². The van der Waals surface area contributed by atoms with Crippen LogP contribution in [0.15, 0.2) is 53.4 Å². The third-order valence-electron chi connectivity index (χ3n) is 3.99. The number of phenols is 1. The van der Waals surface area contributed by atoms with Crippen molar-refractivity contribution in [1.82, 2.24) is 0 Å². The minimum atomic E-state index is -4.38. The minimum absolute atomic E-state index is 0.131. The number of aryl methyl sites for hydroxylation is 1. The van der Waals surface area contributed by atoms with Crippen molar-refractivity contribution in [2.75, 3.05) is 11.1 Å². The zero-order valence-electron chi connectivity index (χ0n) is 13.7. The lowest BCUT2D eigenvalue weighted by Crippen LogP contribution is -2.12. The molecule has 0 radical (unpaired) electrons. The normalized spacial score (nSPS) is 11.5. The maximum Gasteiger partial charge on any atom is 0.294 e. The van der Waals surface area contributed by atoms with Crippen LogP contribution in [0.3, 0.4) is 0 Å². The van der Waals surface area contributed by atoms with E-state index in [4.69, 9.17) is 10.3 Å². The van der Waals surface area contributed by atoms with Gasteiger partial charge in [-0.15, -0.1) is 0 Å². The van der Waals surface area contributed by atoms with Crippen molar-refractivity contribution >= 4 is 38.2 Å². The molecule has 1 amide bonds. The summed E-state index contributed by atoms with van der Waals surface area (Å²) in [4.78, 5) is 12.1. The second kappa shape index (κ2) is 6.32. The van der Waals surface area contributed by atoms with Gasteiger partial charge in [-0.2, -0.15) is 8.42 Å². The van der Waals surface area contributed by atoms with Gasteiger partial charge in [0, 0.05) is 28.4 Å². The van der Waals surface area contributed by atoms with Gasteiger partial charge in [-0.05, 0) is 60.3 Å². The number of fused-ring (bicyclic) bond motifs is 1. The maximum atomic E-state index is 12.4. The van der Waals surface area contributed by atoms with Gasteiger partial charge in [0.1, 0.15) is 5.75 Å². The Bertz CT molecular complexity index is 1140. The fraction of sp³-hybridized carbons (Fsp3) is 0.0556. The van der Waals surface area contributed by atoms with E-state index in [-0.39, 0.29) is 16.3 Å². The highest BCUT2D eigenvalue weighted by molar-refractivity contribution is 7.85. The number of nitrogens with two attached hydrogens (primary N) is 1. The van der Waals surface area contributed by atoms with E-state index in [1.54, 1.807) is 25.1 Å². The Balaban J connectivity index is 1.99. The summed E-state index contributed by atoms with van der Waals surface area (Å²) in [6.45, 7) is 1.78. The Kier molecular flexibility index (Phi) is 4.31. The molecule has 0 aromatic heterocycles. The fourth-order valence-electron chi connectivity index (χ4n) is 2.58. The molecule has 5 N–H and O–H groups in total. The number of benzene rings is 3. The first-order valence-electron chi connectivity index (χ1n) is 7.57. The fourth-order valence-corrected chi connectivity index (χ4v) is 3.10. The number of anilines is 2. The second-order valence-electron chi connectivity index (χ2n) is 5.88. The van der Waals surface area contributed by atoms with Crippen molar-refractivity contribution < 1.29 is 22.9 Å². The van der Waals surface area contributed by atoms with Crippen molar-refractivity contribution in [3.05, 3.63) is 59.7 Å². The smallest absolute Gasteiger partial charge is 0.294 e. The number of nitrogens with one attached hydrogen (secondary N) is 1. The van der Waals surface area contributed by atoms with E-state index in [2.05, 4.69) is 5.32 Å². The lowest BCUT2D eigenvalue weighted by Gasteiger charge is -2.10. The number of nitrogen functional groups attached to an aromatic ring is 1. The van der Waals surface area contributed by atoms with Gasteiger partial charge in [0.2, 0.25) is 0 Å². The molecule has 0 aliphatic heterocycles. The van der Waals surface area contributed by atoms with Crippen LogP contribution in [0.1, 0.15) is 15.9 Å². The molecule has 8 heteroatoms. The molecule has 0 saturated carbocycles. The number of hydrogen-bond acceptors (Lipinski definition) is 5. The van der Waals surface area contributed by atoms with E-state index in [1.165, 1.54) is 30.3 Å². The Morgan fingerprint density at radius 3 is 2.46 bits per heavy atom. The van der Waals surface area contributed by atoms with Crippen LogP contribution in [0.25, 0.3) is 10.8 Å². The van der Waals surface area contributed by atoms with E-state index in [9.17, 15) is 18.3 Å². The van der Waals surface area contributed by atoms with Crippen LogP contribution >= 0.6 is 0 Å². The highest BCUT2D eigenvalue weighted by Gasteiger charge is 2.13. The van der Waals surface area contributed by atoms with Crippen molar-refractivity contribution in [3.63, 3.8) is 0 Å². The zero-order chi connectivity index (χ0) is 19.1. The highest BCUT2D eigenvalue weighted by Crippen LogP contribution is 2.31. The molecule has 0 saturated heterocycles. The number of phenolic OH excluding ortho intramolecular Hbond substituents is 1. The molecule has 7 nitrogen and oxygen atoms in total. The number of aromatic hydroxyl groups is 1. The van der Waals surface area contributed by atoms with Crippen LogP contribution in [0, 0.1) is 6.92 Å². The first-order valence-corrected chi connectivity index (χ1v) is 9.01. The van der Waals surface area contributed by atoms with Gasteiger partial charge in [0.15, 0.2) is 0 Å². The topological polar surface area (TPSA) is 130 Å². The average molecular weight is 372 g/mol. The van der Waals surface area contributed by atoms with Crippen LogP contribution in [-0.4, -0.2) is 24.0 Å². The molecule has 0 atom stereocenters. The minimum Gasteiger partial charge on any atom is -0.507 e. The molecule has 0 aliphatic rings. The van der Waals surface area contributed by atoms with Gasteiger partial charge >= 0.3 is 0 Å². The molecular weight excluding hydrogens is 356 g/mol. The molecule has 0 unspecified atom stereocenters. The molecule has 0 aliphatic carbocycles. The van der Waals surface area contributed by atoms with E-state index >= 15 is 0 Å².